The first kappa shape index (κ1) is 17.4. The lowest BCUT2D eigenvalue weighted by atomic mass is 10.1. The third-order valence-electron chi connectivity index (χ3n) is 4.17. The monoisotopic (exact) mass is 398 g/mol. The quantitative estimate of drug-likeness (QED) is 0.549. The largest absolute Gasteiger partial charge is 0.497 e. The summed E-state index contributed by atoms with van der Waals surface area (Å²) in [6, 6.07) is 16.1. The van der Waals surface area contributed by atoms with Crippen LogP contribution >= 0.6 is 15.9 Å². The minimum absolute atomic E-state index is 0.623. The van der Waals surface area contributed by atoms with Gasteiger partial charge in [0.1, 0.15) is 17.6 Å². The van der Waals surface area contributed by atoms with E-state index in [9.17, 15) is 5.26 Å². The summed E-state index contributed by atoms with van der Waals surface area (Å²) in [4.78, 5) is 0. The van der Waals surface area contributed by atoms with Crippen LogP contribution in [-0.4, -0.2) is 23.6 Å². The number of aryl methyl sites for hydroxylation is 1. The van der Waals surface area contributed by atoms with E-state index in [0.29, 0.717) is 12.2 Å². The Hall–Kier alpha value is -2.45. The van der Waals surface area contributed by atoms with Crippen molar-refractivity contribution >= 4 is 26.8 Å². The molecule has 0 radical (unpaired) electrons. The van der Waals surface area contributed by atoms with Crippen LogP contribution in [0.2, 0.25) is 0 Å². The normalized spacial score (nSPS) is 10.6. The SMILES string of the molecule is CCn1c(-c2ccc(OCCBr)cc2)c(C#N)c2ccc(OC)cc21. The molecule has 0 bridgehead atoms. The van der Waals surface area contributed by atoms with Crippen LogP contribution in [0.15, 0.2) is 42.5 Å². The van der Waals surface area contributed by atoms with E-state index >= 15 is 0 Å². The highest BCUT2D eigenvalue weighted by molar-refractivity contribution is 9.09. The summed E-state index contributed by atoms with van der Waals surface area (Å²) in [5.41, 5.74) is 3.63. The Morgan fingerprint density at radius 3 is 2.44 bits per heavy atom. The number of ether oxygens (including phenoxy) is 2. The number of nitriles is 1. The van der Waals surface area contributed by atoms with E-state index in [4.69, 9.17) is 9.47 Å². The molecule has 0 unspecified atom stereocenters. The molecule has 3 aromatic rings. The number of benzene rings is 2. The van der Waals surface area contributed by atoms with E-state index in [0.717, 1.165) is 45.5 Å². The van der Waals surface area contributed by atoms with Crippen molar-refractivity contribution in [3.05, 3.63) is 48.0 Å². The first-order valence-electron chi connectivity index (χ1n) is 8.13. The first-order valence-corrected chi connectivity index (χ1v) is 9.25. The third-order valence-corrected chi connectivity index (χ3v) is 4.50. The lowest BCUT2D eigenvalue weighted by Crippen LogP contribution is -1.99. The summed E-state index contributed by atoms with van der Waals surface area (Å²) in [5.74, 6) is 1.61. The van der Waals surface area contributed by atoms with Crippen LogP contribution in [0.25, 0.3) is 22.2 Å². The second kappa shape index (κ2) is 7.62. The fourth-order valence-corrected chi connectivity index (χ4v) is 3.23. The molecule has 1 aromatic heterocycles. The zero-order valence-electron chi connectivity index (χ0n) is 14.3. The van der Waals surface area contributed by atoms with Crippen molar-refractivity contribution in [1.82, 2.24) is 4.57 Å². The molecular weight excluding hydrogens is 380 g/mol. The smallest absolute Gasteiger partial charge is 0.120 e. The van der Waals surface area contributed by atoms with Crippen LogP contribution in [-0.2, 0) is 6.54 Å². The standard InChI is InChI=1S/C20H19BrN2O2/c1-3-23-19-12-16(24-2)8-9-17(19)18(13-22)20(23)14-4-6-15(7-5-14)25-11-10-21/h4-9,12H,3,10-11H2,1-2H3. The number of alkyl halides is 1. The van der Waals surface area contributed by atoms with Gasteiger partial charge in [-0.05, 0) is 48.9 Å². The van der Waals surface area contributed by atoms with Gasteiger partial charge in [-0.1, -0.05) is 15.9 Å². The summed E-state index contributed by atoms with van der Waals surface area (Å²) >= 11 is 3.35. The minimum atomic E-state index is 0.623. The van der Waals surface area contributed by atoms with E-state index in [1.807, 2.05) is 42.5 Å². The number of methoxy groups -OCH3 is 1. The van der Waals surface area contributed by atoms with E-state index in [1.54, 1.807) is 7.11 Å². The van der Waals surface area contributed by atoms with Crippen molar-refractivity contribution in [3.63, 3.8) is 0 Å². The van der Waals surface area contributed by atoms with E-state index in [2.05, 4.69) is 33.5 Å². The van der Waals surface area contributed by atoms with Crippen LogP contribution in [0.5, 0.6) is 11.5 Å². The fourth-order valence-electron chi connectivity index (χ4n) is 3.06. The molecule has 1 heterocycles. The molecule has 0 aliphatic rings. The molecule has 0 spiro atoms. The summed E-state index contributed by atoms with van der Waals surface area (Å²) < 4.78 is 13.1. The highest BCUT2D eigenvalue weighted by atomic mass is 79.9. The lowest BCUT2D eigenvalue weighted by molar-refractivity contribution is 0.345. The Morgan fingerprint density at radius 2 is 1.84 bits per heavy atom. The predicted molar refractivity (Wildman–Crippen MR) is 104 cm³/mol. The molecule has 0 atom stereocenters. The van der Waals surface area contributed by atoms with Crippen LogP contribution < -0.4 is 9.47 Å². The van der Waals surface area contributed by atoms with Gasteiger partial charge in [-0.2, -0.15) is 5.26 Å². The average Bonchev–Trinajstić information content (AvgIpc) is 2.99. The maximum atomic E-state index is 9.76. The maximum Gasteiger partial charge on any atom is 0.120 e. The van der Waals surface area contributed by atoms with Crippen LogP contribution in [0, 0.1) is 11.3 Å². The minimum Gasteiger partial charge on any atom is -0.497 e. The number of hydrogen-bond acceptors (Lipinski definition) is 3. The fraction of sp³-hybridized carbons (Fsp3) is 0.250. The molecule has 0 aliphatic heterocycles. The molecule has 25 heavy (non-hydrogen) atoms. The number of nitrogens with zero attached hydrogens (tertiary/aromatic N) is 2. The maximum absolute atomic E-state index is 9.76. The molecule has 3 rings (SSSR count). The molecule has 4 nitrogen and oxygen atoms in total. The van der Waals surface area contributed by atoms with Crippen LogP contribution in [0.3, 0.4) is 0 Å². The molecule has 0 N–H and O–H groups in total. The Labute approximate surface area is 155 Å². The summed E-state index contributed by atoms with van der Waals surface area (Å²) in [6.45, 7) is 3.47. The second-order valence-corrected chi connectivity index (χ2v) is 6.32. The van der Waals surface area contributed by atoms with Gasteiger partial charge in [0.25, 0.3) is 0 Å². The number of rotatable bonds is 6. The van der Waals surface area contributed by atoms with E-state index in [-0.39, 0.29) is 0 Å². The molecule has 2 aromatic carbocycles. The summed E-state index contributed by atoms with van der Waals surface area (Å²) in [6.07, 6.45) is 0. The average molecular weight is 399 g/mol. The number of fused-ring (bicyclic) bond motifs is 1. The molecule has 128 valence electrons. The van der Waals surface area contributed by atoms with Gasteiger partial charge in [0.2, 0.25) is 0 Å². The molecule has 0 fully saturated rings. The van der Waals surface area contributed by atoms with Gasteiger partial charge in [0.05, 0.1) is 30.5 Å². The van der Waals surface area contributed by atoms with Crippen molar-refractivity contribution in [2.75, 3.05) is 19.0 Å². The van der Waals surface area contributed by atoms with Crippen molar-refractivity contribution < 1.29 is 9.47 Å². The van der Waals surface area contributed by atoms with Gasteiger partial charge < -0.3 is 14.0 Å². The zero-order valence-corrected chi connectivity index (χ0v) is 15.8. The molecule has 0 amide bonds. The van der Waals surface area contributed by atoms with Crippen LogP contribution in [0.1, 0.15) is 12.5 Å². The Balaban J connectivity index is 2.16. The third kappa shape index (κ3) is 3.22. The van der Waals surface area contributed by atoms with Gasteiger partial charge in [0, 0.05) is 23.3 Å². The lowest BCUT2D eigenvalue weighted by Gasteiger charge is -2.10. The van der Waals surface area contributed by atoms with E-state index in [1.165, 1.54) is 0 Å². The Bertz CT molecular complexity index is 924. The van der Waals surface area contributed by atoms with Crippen LogP contribution in [0.4, 0.5) is 0 Å². The van der Waals surface area contributed by atoms with E-state index < -0.39 is 0 Å². The number of hydrogen-bond donors (Lipinski definition) is 0. The zero-order chi connectivity index (χ0) is 17.8. The van der Waals surface area contributed by atoms with Gasteiger partial charge >= 0.3 is 0 Å². The predicted octanol–water partition coefficient (Wildman–Crippen LogP) is 4.98. The Kier molecular flexibility index (Phi) is 5.30. The highest BCUT2D eigenvalue weighted by Crippen LogP contribution is 2.35. The van der Waals surface area contributed by atoms with Crippen molar-refractivity contribution in [1.29, 1.82) is 5.26 Å². The highest BCUT2D eigenvalue weighted by Gasteiger charge is 2.18. The first-order chi connectivity index (χ1) is 12.2. The number of aromatic nitrogens is 1. The van der Waals surface area contributed by atoms with Crippen molar-refractivity contribution in [2.24, 2.45) is 0 Å². The van der Waals surface area contributed by atoms with Gasteiger partial charge in [-0.3, -0.25) is 0 Å². The van der Waals surface area contributed by atoms with Gasteiger partial charge in [-0.25, -0.2) is 0 Å². The molecule has 5 heteroatoms. The van der Waals surface area contributed by atoms with Gasteiger partial charge in [0.15, 0.2) is 0 Å². The van der Waals surface area contributed by atoms with Crippen molar-refractivity contribution in [3.8, 4) is 28.8 Å². The van der Waals surface area contributed by atoms with Gasteiger partial charge in [-0.15, -0.1) is 0 Å². The number of halogens is 1. The second-order valence-electron chi connectivity index (χ2n) is 5.52. The summed E-state index contributed by atoms with van der Waals surface area (Å²) in [7, 11) is 1.65. The molecular formula is C20H19BrN2O2. The molecule has 0 saturated heterocycles. The van der Waals surface area contributed by atoms with Crippen molar-refractivity contribution in [2.45, 2.75) is 13.5 Å². The molecule has 0 aliphatic carbocycles. The topological polar surface area (TPSA) is 47.2 Å². The molecule has 0 saturated carbocycles. The summed E-state index contributed by atoms with van der Waals surface area (Å²) in [5, 5.41) is 11.5. The Morgan fingerprint density at radius 1 is 1.12 bits per heavy atom.